The lowest BCUT2D eigenvalue weighted by Crippen LogP contribution is -2.39. The van der Waals surface area contributed by atoms with Crippen molar-refractivity contribution in [2.75, 3.05) is 7.05 Å². The lowest BCUT2D eigenvalue weighted by atomic mass is 10.1. The molecule has 1 unspecified atom stereocenters. The maximum atomic E-state index is 12.9. The van der Waals surface area contributed by atoms with Crippen molar-refractivity contribution in [1.82, 2.24) is 14.0 Å². The second-order valence-corrected chi connectivity index (χ2v) is 7.85. The predicted molar refractivity (Wildman–Crippen MR) is 116 cm³/mol. The molecule has 0 radical (unpaired) electrons. The highest BCUT2D eigenvalue weighted by molar-refractivity contribution is 6.35. The van der Waals surface area contributed by atoms with Gasteiger partial charge in [0.15, 0.2) is 6.10 Å². The number of aryl methyl sites for hydroxylation is 2. The molecule has 0 aliphatic carbocycles. The molecule has 0 aliphatic rings. The van der Waals surface area contributed by atoms with E-state index in [1.165, 1.54) is 0 Å². The number of halogens is 2. The Labute approximate surface area is 179 Å². The van der Waals surface area contributed by atoms with E-state index in [9.17, 15) is 9.59 Å². The van der Waals surface area contributed by atoms with Crippen molar-refractivity contribution in [3.8, 4) is 5.75 Å². The van der Waals surface area contributed by atoms with E-state index in [0.717, 1.165) is 16.6 Å². The monoisotopic (exact) mass is 435 g/mol. The summed E-state index contributed by atoms with van der Waals surface area (Å²) in [6.45, 7) is 2.28. The minimum absolute atomic E-state index is 0.0825. The smallest absolute Gasteiger partial charge is 0.328 e. The minimum Gasteiger partial charge on any atom is -0.479 e. The molecular weight excluding hydrogens is 413 g/mol. The number of hydrogen-bond donors (Lipinski definition) is 0. The number of carbonyl (C=O) groups excluding carboxylic acids is 1. The summed E-state index contributed by atoms with van der Waals surface area (Å²) in [4.78, 5) is 26.6. The summed E-state index contributed by atoms with van der Waals surface area (Å²) in [6.07, 6.45) is -0.169. The van der Waals surface area contributed by atoms with Gasteiger partial charge in [-0.15, -0.1) is 0 Å². The molecular formula is C21H23Cl2N3O3. The molecule has 0 N–H and O–H groups in total. The largest absolute Gasteiger partial charge is 0.479 e. The first-order valence-electron chi connectivity index (χ1n) is 9.24. The van der Waals surface area contributed by atoms with Crippen molar-refractivity contribution in [2.45, 2.75) is 26.0 Å². The van der Waals surface area contributed by atoms with E-state index in [4.69, 9.17) is 27.9 Å². The molecule has 154 valence electrons. The van der Waals surface area contributed by atoms with Crippen molar-refractivity contribution >= 4 is 40.1 Å². The van der Waals surface area contributed by atoms with Crippen molar-refractivity contribution in [1.29, 1.82) is 0 Å². The fourth-order valence-corrected chi connectivity index (χ4v) is 3.73. The third kappa shape index (κ3) is 4.28. The molecule has 1 amide bonds. The predicted octanol–water partition coefficient (Wildman–Crippen LogP) is 4.00. The molecule has 0 aliphatic heterocycles. The number of carbonyl (C=O) groups is 1. The number of benzene rings is 2. The summed E-state index contributed by atoms with van der Waals surface area (Å²) < 4.78 is 9.05. The summed E-state index contributed by atoms with van der Waals surface area (Å²) in [7, 11) is 5.21. The van der Waals surface area contributed by atoms with Crippen LogP contribution in [0.3, 0.4) is 0 Å². The molecule has 0 saturated heterocycles. The molecule has 1 aromatic heterocycles. The van der Waals surface area contributed by atoms with Crippen LogP contribution in [0.4, 0.5) is 0 Å². The first-order valence-corrected chi connectivity index (χ1v) is 9.99. The van der Waals surface area contributed by atoms with E-state index in [1.807, 2.05) is 25.1 Å². The van der Waals surface area contributed by atoms with E-state index < -0.39 is 6.10 Å². The molecule has 3 rings (SSSR count). The van der Waals surface area contributed by atoms with Gasteiger partial charge in [0, 0.05) is 32.7 Å². The van der Waals surface area contributed by atoms with Gasteiger partial charge in [0.2, 0.25) is 0 Å². The SMILES string of the molecule is CCC(Oc1ccc(Cl)cc1Cl)C(=O)N(C)Cc1ccc2c(c1)n(C)c(=O)n2C. The van der Waals surface area contributed by atoms with E-state index in [1.54, 1.807) is 53.4 Å². The fraction of sp³-hybridized carbons (Fsp3) is 0.333. The summed E-state index contributed by atoms with van der Waals surface area (Å²) >= 11 is 12.1. The number of nitrogens with zero attached hydrogens (tertiary/aromatic N) is 3. The number of amides is 1. The zero-order valence-corrected chi connectivity index (χ0v) is 18.3. The second-order valence-electron chi connectivity index (χ2n) is 7.01. The van der Waals surface area contributed by atoms with Gasteiger partial charge in [-0.05, 0) is 42.3 Å². The van der Waals surface area contributed by atoms with Crippen LogP contribution in [0.1, 0.15) is 18.9 Å². The molecule has 0 bridgehead atoms. The Morgan fingerprint density at radius 1 is 1.10 bits per heavy atom. The normalized spacial score (nSPS) is 12.2. The van der Waals surface area contributed by atoms with Gasteiger partial charge in [0.25, 0.3) is 5.91 Å². The number of rotatable bonds is 6. The Morgan fingerprint density at radius 2 is 1.79 bits per heavy atom. The maximum Gasteiger partial charge on any atom is 0.328 e. The Kier molecular flexibility index (Phi) is 6.24. The molecule has 1 heterocycles. The maximum absolute atomic E-state index is 12.9. The van der Waals surface area contributed by atoms with Gasteiger partial charge in [-0.1, -0.05) is 36.2 Å². The molecule has 0 spiro atoms. The number of likely N-dealkylation sites (N-methyl/N-ethyl adjacent to an activating group) is 1. The highest BCUT2D eigenvalue weighted by Gasteiger charge is 2.23. The van der Waals surface area contributed by atoms with Crippen molar-refractivity contribution in [3.05, 3.63) is 62.5 Å². The number of hydrogen-bond acceptors (Lipinski definition) is 3. The second kappa shape index (κ2) is 8.51. The molecule has 6 nitrogen and oxygen atoms in total. The third-order valence-electron chi connectivity index (χ3n) is 4.94. The van der Waals surface area contributed by atoms with Gasteiger partial charge in [-0.25, -0.2) is 4.79 Å². The molecule has 3 aromatic rings. The van der Waals surface area contributed by atoms with Crippen LogP contribution < -0.4 is 10.4 Å². The number of ether oxygens (including phenoxy) is 1. The Hall–Kier alpha value is -2.44. The van der Waals surface area contributed by atoms with Crippen LogP contribution in [-0.4, -0.2) is 33.1 Å². The van der Waals surface area contributed by atoms with Crippen molar-refractivity contribution in [2.24, 2.45) is 14.1 Å². The first kappa shape index (κ1) is 21.3. The standard InChI is InChI=1S/C21H23Cl2N3O3/c1-5-18(29-19-9-7-14(22)11-15(19)23)20(27)24(2)12-13-6-8-16-17(10-13)26(4)21(28)25(16)3/h6-11,18H,5,12H2,1-4H3. The van der Waals surface area contributed by atoms with Crippen LogP contribution in [0.5, 0.6) is 5.75 Å². The average molecular weight is 436 g/mol. The summed E-state index contributed by atoms with van der Waals surface area (Å²) in [5, 5.41) is 0.867. The number of fused-ring (bicyclic) bond motifs is 1. The first-order chi connectivity index (χ1) is 13.7. The molecule has 29 heavy (non-hydrogen) atoms. The summed E-state index contributed by atoms with van der Waals surface area (Å²) in [5.74, 6) is 0.269. The number of aromatic nitrogens is 2. The molecule has 2 aromatic carbocycles. The summed E-state index contributed by atoms with van der Waals surface area (Å²) in [6, 6.07) is 10.7. The van der Waals surface area contributed by atoms with Gasteiger partial charge >= 0.3 is 5.69 Å². The van der Waals surface area contributed by atoms with Crippen molar-refractivity contribution < 1.29 is 9.53 Å². The Morgan fingerprint density at radius 3 is 2.45 bits per heavy atom. The fourth-order valence-electron chi connectivity index (χ4n) is 3.28. The van der Waals surface area contributed by atoms with E-state index in [0.29, 0.717) is 28.8 Å². The third-order valence-corrected chi connectivity index (χ3v) is 5.47. The Bertz CT molecular complexity index is 1120. The van der Waals surface area contributed by atoms with Crippen LogP contribution in [0.2, 0.25) is 10.0 Å². The van der Waals surface area contributed by atoms with Gasteiger partial charge < -0.3 is 9.64 Å². The van der Waals surface area contributed by atoms with Crippen LogP contribution in [0.25, 0.3) is 11.0 Å². The lowest BCUT2D eigenvalue weighted by molar-refractivity contribution is -0.138. The van der Waals surface area contributed by atoms with Crippen LogP contribution in [-0.2, 0) is 25.4 Å². The lowest BCUT2D eigenvalue weighted by Gasteiger charge is -2.24. The average Bonchev–Trinajstić information content (AvgIpc) is 2.91. The molecule has 1 atom stereocenters. The topological polar surface area (TPSA) is 56.5 Å². The van der Waals surface area contributed by atoms with E-state index in [2.05, 4.69) is 0 Å². The summed E-state index contributed by atoms with van der Waals surface area (Å²) in [5.41, 5.74) is 2.52. The van der Waals surface area contributed by atoms with E-state index in [-0.39, 0.29) is 11.6 Å². The van der Waals surface area contributed by atoms with Gasteiger partial charge in [-0.3, -0.25) is 13.9 Å². The molecule has 0 fully saturated rings. The quantitative estimate of drug-likeness (QED) is 0.587. The van der Waals surface area contributed by atoms with Gasteiger partial charge in [-0.2, -0.15) is 0 Å². The highest BCUT2D eigenvalue weighted by atomic mass is 35.5. The van der Waals surface area contributed by atoms with Gasteiger partial charge in [0.1, 0.15) is 5.75 Å². The molecule has 8 heteroatoms. The zero-order valence-electron chi connectivity index (χ0n) is 16.8. The number of imidazole rings is 1. The van der Waals surface area contributed by atoms with Crippen molar-refractivity contribution in [3.63, 3.8) is 0 Å². The Balaban J connectivity index is 1.77. The highest BCUT2D eigenvalue weighted by Crippen LogP contribution is 2.29. The van der Waals surface area contributed by atoms with E-state index >= 15 is 0 Å². The van der Waals surface area contributed by atoms with Gasteiger partial charge in [0.05, 0.1) is 16.1 Å². The minimum atomic E-state index is -0.663. The zero-order chi connectivity index (χ0) is 21.3. The van der Waals surface area contributed by atoms with Crippen LogP contribution in [0, 0.1) is 0 Å². The van der Waals surface area contributed by atoms with Crippen LogP contribution in [0.15, 0.2) is 41.2 Å². The molecule has 0 saturated carbocycles. The van der Waals surface area contributed by atoms with Crippen LogP contribution >= 0.6 is 23.2 Å².